The van der Waals surface area contributed by atoms with Crippen molar-refractivity contribution >= 4 is 0 Å². The molecule has 1 heteroatoms. The van der Waals surface area contributed by atoms with Crippen molar-refractivity contribution in [1.29, 1.82) is 0 Å². The number of hydrogen-bond donors (Lipinski definition) is 1. The molecular weight excluding hydrogens is 352 g/mol. The first-order valence-corrected chi connectivity index (χ1v) is 13.0. The van der Waals surface area contributed by atoms with Crippen LogP contribution in [0.15, 0.2) is 12.2 Å². The van der Waals surface area contributed by atoms with E-state index in [1.807, 2.05) is 0 Å². The third-order valence-electron chi connectivity index (χ3n) is 11.3. The summed E-state index contributed by atoms with van der Waals surface area (Å²) in [5.74, 6) is 7.28. The van der Waals surface area contributed by atoms with Crippen molar-refractivity contribution in [1.82, 2.24) is 0 Å². The molecule has 166 valence electrons. The van der Waals surface area contributed by atoms with E-state index in [9.17, 15) is 5.11 Å². The van der Waals surface area contributed by atoms with Gasteiger partial charge in [-0.25, -0.2) is 0 Å². The summed E-state index contributed by atoms with van der Waals surface area (Å²) in [6.45, 7) is 15.3. The van der Waals surface area contributed by atoms with Crippen LogP contribution in [0.5, 0.6) is 0 Å². The van der Waals surface area contributed by atoms with Crippen LogP contribution in [0.4, 0.5) is 0 Å². The number of rotatable bonds is 5. The van der Waals surface area contributed by atoms with Gasteiger partial charge in [0.25, 0.3) is 0 Å². The zero-order chi connectivity index (χ0) is 21.0. The van der Waals surface area contributed by atoms with Crippen LogP contribution < -0.4 is 0 Å². The molecule has 0 saturated heterocycles. The van der Waals surface area contributed by atoms with Crippen LogP contribution in [0.2, 0.25) is 0 Å². The van der Waals surface area contributed by atoms with Gasteiger partial charge in [-0.1, -0.05) is 53.7 Å². The number of aliphatic hydroxyl groups excluding tert-OH is 1. The molecular formula is C28H48O. The highest BCUT2D eigenvalue weighted by atomic mass is 16.3. The first-order chi connectivity index (χ1) is 13.7. The van der Waals surface area contributed by atoms with E-state index in [4.69, 9.17) is 0 Å². The summed E-state index contributed by atoms with van der Waals surface area (Å²) >= 11 is 0. The smallest absolute Gasteiger partial charge is 0.0462 e. The summed E-state index contributed by atoms with van der Waals surface area (Å²) in [6, 6.07) is 0. The Bertz CT molecular complexity index is 607. The fourth-order valence-corrected chi connectivity index (χ4v) is 9.16. The van der Waals surface area contributed by atoms with Crippen LogP contribution in [0, 0.1) is 64.1 Å². The summed E-state index contributed by atoms with van der Waals surface area (Å²) in [4.78, 5) is 0. The fourth-order valence-electron chi connectivity index (χ4n) is 9.16. The van der Waals surface area contributed by atoms with Gasteiger partial charge in [-0.2, -0.15) is 0 Å². The van der Waals surface area contributed by atoms with Crippen molar-refractivity contribution in [2.75, 3.05) is 6.61 Å². The predicted octanol–water partition coefficient (Wildman–Crippen LogP) is 7.35. The molecule has 0 spiro atoms. The Balaban J connectivity index is 1.50. The van der Waals surface area contributed by atoms with Crippen LogP contribution in [-0.2, 0) is 0 Å². The average molecular weight is 401 g/mol. The van der Waals surface area contributed by atoms with Gasteiger partial charge in [0.05, 0.1) is 0 Å². The maximum absolute atomic E-state index is 9.92. The van der Waals surface area contributed by atoms with Crippen LogP contribution >= 0.6 is 0 Å². The third-order valence-corrected chi connectivity index (χ3v) is 11.3. The summed E-state index contributed by atoms with van der Waals surface area (Å²) in [5, 5.41) is 9.92. The molecule has 4 rings (SSSR count). The van der Waals surface area contributed by atoms with Crippen molar-refractivity contribution in [2.24, 2.45) is 64.1 Å². The number of allylic oxidation sites excluding steroid dienone is 2. The van der Waals surface area contributed by atoms with E-state index < -0.39 is 0 Å². The Kier molecular flexibility index (Phi) is 6.04. The van der Waals surface area contributed by atoms with Crippen LogP contribution in [0.1, 0.15) is 92.9 Å². The van der Waals surface area contributed by atoms with Gasteiger partial charge in [-0.3, -0.25) is 0 Å². The lowest BCUT2D eigenvalue weighted by molar-refractivity contribution is -0.0956. The van der Waals surface area contributed by atoms with Gasteiger partial charge in [0.2, 0.25) is 0 Å². The molecule has 0 aromatic heterocycles. The molecule has 0 aromatic carbocycles. The molecule has 4 saturated carbocycles. The maximum atomic E-state index is 9.92. The van der Waals surface area contributed by atoms with Gasteiger partial charge in [0.1, 0.15) is 0 Å². The molecule has 4 fully saturated rings. The fraction of sp³-hybridized carbons (Fsp3) is 0.929. The molecule has 1 nitrogen and oxygen atoms in total. The molecule has 1 N–H and O–H groups in total. The largest absolute Gasteiger partial charge is 0.396 e. The molecule has 0 amide bonds. The van der Waals surface area contributed by atoms with E-state index in [2.05, 4.69) is 53.7 Å². The molecule has 4 aliphatic carbocycles. The van der Waals surface area contributed by atoms with Crippen molar-refractivity contribution in [3.63, 3.8) is 0 Å². The summed E-state index contributed by atoms with van der Waals surface area (Å²) in [5.41, 5.74) is 1.08. The summed E-state index contributed by atoms with van der Waals surface area (Å²) < 4.78 is 0. The van der Waals surface area contributed by atoms with Gasteiger partial charge >= 0.3 is 0 Å². The highest BCUT2D eigenvalue weighted by Gasteiger charge is 2.61. The normalized spacial score (nSPS) is 49.1. The first kappa shape index (κ1) is 21.9. The Hall–Kier alpha value is -0.300. The molecule has 0 bridgehead atoms. The van der Waals surface area contributed by atoms with Crippen LogP contribution in [0.25, 0.3) is 0 Å². The van der Waals surface area contributed by atoms with Gasteiger partial charge in [0, 0.05) is 6.61 Å². The average Bonchev–Trinajstić information content (AvgIpc) is 3.22. The highest BCUT2D eigenvalue weighted by molar-refractivity contribution is 5.12. The number of fused-ring (bicyclic) bond motifs is 5. The van der Waals surface area contributed by atoms with E-state index in [0.717, 1.165) is 41.4 Å². The molecule has 0 aliphatic heterocycles. The van der Waals surface area contributed by atoms with Crippen molar-refractivity contribution in [3.05, 3.63) is 12.2 Å². The number of hydrogen-bond acceptors (Lipinski definition) is 1. The Labute approximate surface area is 181 Å². The molecule has 10 atom stereocenters. The Morgan fingerprint density at radius 3 is 2.14 bits per heavy atom. The lowest BCUT2D eigenvalue weighted by Gasteiger charge is -2.58. The maximum Gasteiger partial charge on any atom is 0.0462 e. The third kappa shape index (κ3) is 3.46. The Morgan fingerprint density at radius 2 is 1.45 bits per heavy atom. The Morgan fingerprint density at radius 1 is 0.793 bits per heavy atom. The van der Waals surface area contributed by atoms with Crippen molar-refractivity contribution < 1.29 is 5.11 Å². The minimum atomic E-state index is 0.430. The SMILES string of the molecule is CC(C)[C@@H](C)/C=C/[C@@H](C)[C@H]1CC[C@H]2[C@@H]3CC[C@H]4[C@@H](CO)CC[C@]4(C)[C@H]3CC[C@]12C. The molecule has 0 aromatic rings. The highest BCUT2D eigenvalue weighted by Crippen LogP contribution is 2.69. The lowest BCUT2D eigenvalue weighted by atomic mass is 9.47. The predicted molar refractivity (Wildman–Crippen MR) is 123 cm³/mol. The minimum Gasteiger partial charge on any atom is -0.396 e. The van der Waals surface area contributed by atoms with E-state index in [1.54, 1.807) is 0 Å². The van der Waals surface area contributed by atoms with Gasteiger partial charge in [-0.15, -0.1) is 0 Å². The molecule has 29 heavy (non-hydrogen) atoms. The van der Waals surface area contributed by atoms with E-state index in [-0.39, 0.29) is 0 Å². The van der Waals surface area contributed by atoms with Gasteiger partial charge in [0.15, 0.2) is 0 Å². The molecule has 4 aliphatic rings. The molecule has 0 unspecified atom stereocenters. The van der Waals surface area contributed by atoms with Crippen molar-refractivity contribution in [3.8, 4) is 0 Å². The van der Waals surface area contributed by atoms with Crippen molar-refractivity contribution in [2.45, 2.75) is 92.9 Å². The zero-order valence-electron chi connectivity index (χ0n) is 20.2. The summed E-state index contributed by atoms with van der Waals surface area (Å²) in [7, 11) is 0. The quantitative estimate of drug-likeness (QED) is 0.478. The second-order valence-electron chi connectivity index (χ2n) is 12.6. The monoisotopic (exact) mass is 400 g/mol. The van der Waals surface area contributed by atoms with E-state index >= 15 is 0 Å². The standard InChI is InChI=1S/C28H48O/c1-18(2)19(3)7-8-20(4)23-11-12-25-22-9-10-24-21(17-29)13-15-28(24,6)26(22)14-16-27(23,25)5/h7-8,18-26,29H,9-17H2,1-6H3/b8-7+/t19-,20+,21+,22-,23+,24-,25-,26-,27+,28-/m0/s1. The summed E-state index contributed by atoms with van der Waals surface area (Å²) in [6.07, 6.45) is 16.4. The first-order valence-electron chi connectivity index (χ1n) is 13.0. The van der Waals surface area contributed by atoms with Gasteiger partial charge in [-0.05, 0) is 115 Å². The topological polar surface area (TPSA) is 20.2 Å². The van der Waals surface area contributed by atoms with Crippen LogP contribution in [-0.4, -0.2) is 11.7 Å². The number of aliphatic hydroxyl groups is 1. The second-order valence-corrected chi connectivity index (χ2v) is 12.6. The zero-order valence-corrected chi connectivity index (χ0v) is 20.2. The lowest BCUT2D eigenvalue weighted by Crippen LogP contribution is -2.51. The van der Waals surface area contributed by atoms with Crippen LogP contribution in [0.3, 0.4) is 0 Å². The van der Waals surface area contributed by atoms with Gasteiger partial charge < -0.3 is 5.11 Å². The van der Waals surface area contributed by atoms with E-state index in [0.29, 0.717) is 29.3 Å². The minimum absolute atomic E-state index is 0.430. The molecule has 0 heterocycles. The molecule has 0 radical (unpaired) electrons. The second kappa shape index (κ2) is 7.99. The van der Waals surface area contributed by atoms with E-state index in [1.165, 1.54) is 51.4 Å².